The Balaban J connectivity index is 0.995. The van der Waals surface area contributed by atoms with Crippen LogP contribution in [0, 0.1) is 5.92 Å². The highest BCUT2D eigenvalue weighted by Crippen LogP contribution is 2.34. The topological polar surface area (TPSA) is 81.8 Å². The molecule has 0 saturated carbocycles. The van der Waals surface area contributed by atoms with E-state index in [4.69, 9.17) is 0 Å². The Kier molecular flexibility index (Phi) is 8.10. The Bertz CT molecular complexity index is 946. The molecule has 1 aromatic carbocycles. The van der Waals surface area contributed by atoms with Gasteiger partial charge in [-0.3, -0.25) is 19.7 Å². The largest absolute Gasteiger partial charge is 0.322 e. The number of piperidine rings is 4. The van der Waals surface area contributed by atoms with Crippen molar-refractivity contribution in [2.45, 2.75) is 81.3 Å². The summed E-state index contributed by atoms with van der Waals surface area (Å²) in [7, 11) is 0. The molecule has 6 rings (SSSR count). The number of benzene rings is 1. The molecule has 190 valence electrons. The van der Waals surface area contributed by atoms with E-state index in [1.54, 1.807) is 4.90 Å². The molecule has 0 aromatic heterocycles. The minimum Gasteiger partial charge on any atom is -0.322 e. The fourth-order valence-corrected chi connectivity index (χ4v) is 7.21. The van der Waals surface area contributed by atoms with Crippen LogP contribution >= 0.6 is 11.8 Å². The predicted molar refractivity (Wildman–Crippen MR) is 137 cm³/mol. The predicted octanol–water partition coefficient (Wildman–Crippen LogP) is 3.17. The molecule has 0 spiro atoms. The highest BCUT2D eigenvalue weighted by Gasteiger charge is 2.39. The van der Waals surface area contributed by atoms with Crippen molar-refractivity contribution >= 4 is 29.5 Å². The van der Waals surface area contributed by atoms with E-state index in [1.807, 2.05) is 23.9 Å². The van der Waals surface area contributed by atoms with E-state index in [0.717, 1.165) is 34.7 Å². The molecule has 5 heterocycles. The number of imide groups is 1. The Morgan fingerprint density at radius 1 is 1.00 bits per heavy atom. The van der Waals surface area contributed by atoms with E-state index < -0.39 is 6.04 Å². The zero-order chi connectivity index (χ0) is 24.2. The Morgan fingerprint density at radius 3 is 2.57 bits per heavy atom. The summed E-state index contributed by atoms with van der Waals surface area (Å²) in [5.41, 5.74) is 1.74. The van der Waals surface area contributed by atoms with Crippen LogP contribution in [0.4, 0.5) is 0 Å². The van der Waals surface area contributed by atoms with Crippen molar-refractivity contribution < 1.29 is 14.4 Å². The molecule has 5 aliphatic heterocycles. The van der Waals surface area contributed by atoms with Gasteiger partial charge in [0.15, 0.2) is 0 Å². The fourth-order valence-electron chi connectivity index (χ4n) is 6.12. The number of rotatable bonds is 11. The Labute approximate surface area is 212 Å². The summed E-state index contributed by atoms with van der Waals surface area (Å²) in [5, 5.41) is 6.19. The molecular formula is C27H38N4O3S. The molecule has 2 atom stereocenters. The number of hydrogen-bond acceptors (Lipinski definition) is 6. The van der Waals surface area contributed by atoms with Crippen LogP contribution in [0.5, 0.6) is 0 Å². The third-order valence-electron chi connectivity index (χ3n) is 8.18. The zero-order valence-electron chi connectivity index (χ0n) is 20.6. The van der Waals surface area contributed by atoms with Crippen LogP contribution in [0.2, 0.25) is 0 Å². The summed E-state index contributed by atoms with van der Waals surface area (Å²) in [6.45, 7) is 5.47. The minimum atomic E-state index is -0.550. The zero-order valence-corrected chi connectivity index (χ0v) is 21.4. The number of carbonyl (C=O) groups is 3. The molecule has 0 radical (unpaired) electrons. The summed E-state index contributed by atoms with van der Waals surface area (Å²) in [5.74, 6) is 1.25. The van der Waals surface area contributed by atoms with Crippen LogP contribution in [-0.4, -0.2) is 71.5 Å². The molecule has 7 nitrogen and oxygen atoms in total. The number of fused-ring (bicyclic) bond motifs is 4. The van der Waals surface area contributed by atoms with Crippen molar-refractivity contribution in [1.82, 2.24) is 20.4 Å². The molecule has 4 saturated heterocycles. The van der Waals surface area contributed by atoms with Crippen molar-refractivity contribution in [1.29, 1.82) is 0 Å². The van der Waals surface area contributed by atoms with E-state index in [2.05, 4.69) is 21.6 Å². The third kappa shape index (κ3) is 5.75. The third-order valence-corrected chi connectivity index (χ3v) is 9.37. The van der Waals surface area contributed by atoms with Gasteiger partial charge >= 0.3 is 0 Å². The second-order valence-corrected chi connectivity index (χ2v) is 11.6. The fraction of sp³-hybridized carbons (Fsp3) is 0.667. The van der Waals surface area contributed by atoms with Crippen LogP contribution in [0.15, 0.2) is 23.1 Å². The van der Waals surface area contributed by atoms with Gasteiger partial charge < -0.3 is 15.1 Å². The maximum atomic E-state index is 13.0. The first-order chi connectivity index (χ1) is 17.1. The van der Waals surface area contributed by atoms with Crippen molar-refractivity contribution in [3.8, 4) is 0 Å². The van der Waals surface area contributed by atoms with Crippen LogP contribution < -0.4 is 10.6 Å². The van der Waals surface area contributed by atoms with E-state index in [-0.39, 0.29) is 24.1 Å². The van der Waals surface area contributed by atoms with Gasteiger partial charge in [-0.1, -0.05) is 25.3 Å². The second kappa shape index (κ2) is 11.4. The van der Waals surface area contributed by atoms with Crippen molar-refractivity contribution in [2.75, 3.05) is 31.9 Å². The summed E-state index contributed by atoms with van der Waals surface area (Å²) < 4.78 is 0. The van der Waals surface area contributed by atoms with Gasteiger partial charge in [-0.05, 0) is 81.1 Å². The van der Waals surface area contributed by atoms with Crippen molar-refractivity contribution in [3.05, 3.63) is 29.3 Å². The van der Waals surface area contributed by atoms with Gasteiger partial charge in [0.25, 0.3) is 5.91 Å². The van der Waals surface area contributed by atoms with Crippen LogP contribution in [-0.2, 0) is 16.1 Å². The molecule has 2 N–H and O–H groups in total. The van der Waals surface area contributed by atoms with Gasteiger partial charge in [0.1, 0.15) is 6.04 Å². The Hall–Kier alpha value is -1.90. The number of carbonyl (C=O) groups excluding carboxylic acids is 3. The lowest BCUT2D eigenvalue weighted by molar-refractivity contribution is -0.136. The van der Waals surface area contributed by atoms with Crippen molar-refractivity contribution in [3.63, 3.8) is 0 Å². The first kappa shape index (κ1) is 24.8. The molecule has 1 aromatic rings. The first-order valence-corrected chi connectivity index (χ1v) is 14.4. The summed E-state index contributed by atoms with van der Waals surface area (Å²) in [6, 6.07) is 6.06. The summed E-state index contributed by atoms with van der Waals surface area (Å²) in [6.07, 6.45) is 9.68. The smallest absolute Gasteiger partial charge is 0.255 e. The molecular weight excluding hydrogens is 460 g/mol. The maximum absolute atomic E-state index is 13.0. The van der Waals surface area contributed by atoms with Gasteiger partial charge in [0.2, 0.25) is 11.8 Å². The lowest BCUT2D eigenvalue weighted by Gasteiger charge is -2.45. The van der Waals surface area contributed by atoms with Gasteiger partial charge in [-0.15, -0.1) is 11.8 Å². The SMILES string of the molecule is O=C1CCC(N2Cc3c(SCCCCCCCN[C@H]4CN5CCC4CC5)cccc3C2=O)C(=O)N1. The second-order valence-electron chi connectivity index (χ2n) is 10.5. The maximum Gasteiger partial charge on any atom is 0.255 e. The summed E-state index contributed by atoms with van der Waals surface area (Å²) >= 11 is 1.82. The highest BCUT2D eigenvalue weighted by molar-refractivity contribution is 7.99. The normalized spacial score (nSPS) is 27.9. The highest BCUT2D eigenvalue weighted by atomic mass is 32.2. The number of hydrogen-bond donors (Lipinski definition) is 2. The van der Waals surface area contributed by atoms with Gasteiger partial charge in [-0.25, -0.2) is 0 Å². The van der Waals surface area contributed by atoms with Gasteiger partial charge in [-0.2, -0.15) is 0 Å². The van der Waals surface area contributed by atoms with Crippen LogP contribution in [0.1, 0.15) is 73.7 Å². The number of unbranched alkanes of at least 4 members (excludes halogenated alkanes) is 4. The number of nitrogens with one attached hydrogen (secondary N) is 2. The Morgan fingerprint density at radius 2 is 1.80 bits per heavy atom. The molecule has 8 heteroatoms. The quantitative estimate of drug-likeness (QED) is 0.277. The molecule has 4 fully saturated rings. The van der Waals surface area contributed by atoms with E-state index in [0.29, 0.717) is 18.5 Å². The van der Waals surface area contributed by atoms with Crippen LogP contribution in [0.25, 0.3) is 0 Å². The van der Waals surface area contributed by atoms with Gasteiger partial charge in [0.05, 0.1) is 0 Å². The number of thioether (sulfide) groups is 1. The molecule has 3 amide bonds. The lowest BCUT2D eigenvalue weighted by atomic mass is 9.84. The molecule has 0 aliphatic carbocycles. The van der Waals surface area contributed by atoms with E-state index in [1.165, 1.54) is 64.6 Å². The van der Waals surface area contributed by atoms with E-state index >= 15 is 0 Å². The molecule has 1 unspecified atom stereocenters. The van der Waals surface area contributed by atoms with Gasteiger partial charge in [0, 0.05) is 36.0 Å². The number of amides is 3. The molecule has 35 heavy (non-hydrogen) atoms. The monoisotopic (exact) mass is 498 g/mol. The van der Waals surface area contributed by atoms with Crippen LogP contribution in [0.3, 0.4) is 0 Å². The van der Waals surface area contributed by atoms with Crippen molar-refractivity contribution in [2.24, 2.45) is 5.92 Å². The summed E-state index contributed by atoms with van der Waals surface area (Å²) in [4.78, 5) is 42.1. The average Bonchev–Trinajstić information content (AvgIpc) is 3.20. The minimum absolute atomic E-state index is 0.0937. The molecule has 2 bridgehead atoms. The average molecular weight is 499 g/mol. The lowest BCUT2D eigenvalue weighted by Crippen LogP contribution is -2.56. The standard InChI is InChI=1S/C27H38N4O3S/c32-25-10-9-23(26(33)29-25)31-17-21-20(27(31)34)7-6-8-24(21)35-16-5-3-1-2-4-13-28-22-18-30-14-11-19(22)12-15-30/h6-8,19,22-23,28H,1-5,9-18H2,(H,29,32,33)/t22-,23?/m0/s1. The van der Waals surface area contributed by atoms with E-state index in [9.17, 15) is 14.4 Å². The molecule has 5 aliphatic rings. The first-order valence-electron chi connectivity index (χ1n) is 13.5. The number of nitrogens with zero attached hydrogens (tertiary/aromatic N) is 2.